The highest BCUT2D eigenvalue weighted by Crippen LogP contribution is 2.30. The van der Waals surface area contributed by atoms with Crippen LogP contribution in [-0.4, -0.2) is 61.0 Å². The first-order valence-electron chi connectivity index (χ1n) is 9.02. The Balaban J connectivity index is 1.90. The van der Waals surface area contributed by atoms with Crippen molar-refractivity contribution in [2.24, 2.45) is 17.8 Å². The topological polar surface area (TPSA) is 35.6 Å². The average molecular weight is 309 g/mol. The van der Waals surface area contributed by atoms with Crippen LogP contribution >= 0.6 is 0 Å². The Labute approximate surface area is 136 Å². The summed E-state index contributed by atoms with van der Waals surface area (Å²) < 4.78 is 0. The molecule has 2 fully saturated rings. The van der Waals surface area contributed by atoms with Crippen molar-refractivity contribution < 1.29 is 4.79 Å². The van der Waals surface area contributed by atoms with Crippen LogP contribution in [0.1, 0.15) is 47.0 Å². The van der Waals surface area contributed by atoms with Gasteiger partial charge in [0.1, 0.15) is 0 Å². The van der Waals surface area contributed by atoms with Gasteiger partial charge in [0.15, 0.2) is 0 Å². The van der Waals surface area contributed by atoms with Crippen LogP contribution in [0.25, 0.3) is 0 Å². The van der Waals surface area contributed by atoms with E-state index in [9.17, 15) is 4.79 Å². The highest BCUT2D eigenvalue weighted by Gasteiger charge is 2.36. The van der Waals surface area contributed by atoms with Gasteiger partial charge in [0.2, 0.25) is 5.91 Å². The van der Waals surface area contributed by atoms with Gasteiger partial charge in [0, 0.05) is 25.2 Å². The van der Waals surface area contributed by atoms with Crippen LogP contribution in [0.4, 0.5) is 0 Å². The molecule has 0 unspecified atom stereocenters. The number of rotatable bonds is 4. The van der Waals surface area contributed by atoms with Crippen LogP contribution in [0.5, 0.6) is 0 Å². The summed E-state index contributed by atoms with van der Waals surface area (Å²) in [6.07, 6.45) is 3.69. The zero-order chi connectivity index (χ0) is 16.4. The predicted molar refractivity (Wildman–Crippen MR) is 91.8 cm³/mol. The monoisotopic (exact) mass is 309 g/mol. The quantitative estimate of drug-likeness (QED) is 0.865. The lowest BCUT2D eigenvalue weighted by Gasteiger charge is -2.36. The maximum Gasteiger partial charge on any atom is 0.237 e. The van der Waals surface area contributed by atoms with Crippen molar-refractivity contribution in [3.63, 3.8) is 0 Å². The molecule has 0 radical (unpaired) electrons. The first-order chi connectivity index (χ1) is 10.3. The molecule has 0 aromatic carbocycles. The molecule has 6 atom stereocenters. The molecule has 4 nitrogen and oxygen atoms in total. The summed E-state index contributed by atoms with van der Waals surface area (Å²) in [6.45, 7) is 11.0. The fourth-order valence-corrected chi connectivity index (χ4v) is 4.23. The van der Waals surface area contributed by atoms with Gasteiger partial charge in [-0.2, -0.15) is 0 Å². The number of amides is 1. The molecule has 0 aromatic heterocycles. The normalized spacial score (nSPS) is 38.2. The highest BCUT2D eigenvalue weighted by atomic mass is 16.2. The van der Waals surface area contributed by atoms with Crippen molar-refractivity contribution in [2.45, 2.75) is 65.1 Å². The Morgan fingerprint density at radius 2 is 1.82 bits per heavy atom. The van der Waals surface area contributed by atoms with Crippen molar-refractivity contribution in [3.05, 3.63) is 0 Å². The Morgan fingerprint density at radius 3 is 2.41 bits per heavy atom. The number of nitrogens with zero attached hydrogens (tertiary/aromatic N) is 2. The number of hydrogen-bond acceptors (Lipinski definition) is 3. The molecule has 1 amide bonds. The molecule has 0 aromatic rings. The second-order valence-electron chi connectivity index (χ2n) is 8.02. The fraction of sp³-hybridized carbons (Fsp3) is 0.944. The van der Waals surface area contributed by atoms with E-state index in [0.717, 1.165) is 25.4 Å². The van der Waals surface area contributed by atoms with E-state index in [-0.39, 0.29) is 11.9 Å². The summed E-state index contributed by atoms with van der Waals surface area (Å²) in [4.78, 5) is 17.3. The third-order valence-electron chi connectivity index (χ3n) is 6.23. The molecular formula is C18H35N3O. The van der Waals surface area contributed by atoms with Crippen molar-refractivity contribution in [1.82, 2.24) is 15.1 Å². The third kappa shape index (κ3) is 3.83. The minimum absolute atomic E-state index is 0.0168. The molecule has 2 rings (SSSR count). The molecule has 128 valence electrons. The molecule has 4 heteroatoms. The molecule has 1 N–H and O–H groups in total. The van der Waals surface area contributed by atoms with E-state index < -0.39 is 0 Å². The SMILES string of the molecule is C[C@H]1[C@H](C)CCC[C@@H]1NC(=O)[C@H](C)N1C[C@H](C)[C@@H](N(C)C)C1. The van der Waals surface area contributed by atoms with E-state index in [1.54, 1.807) is 0 Å². The summed E-state index contributed by atoms with van der Waals surface area (Å²) in [5.41, 5.74) is 0. The van der Waals surface area contributed by atoms with Crippen LogP contribution in [0.2, 0.25) is 0 Å². The molecule has 0 bridgehead atoms. The number of nitrogens with one attached hydrogen (secondary N) is 1. The van der Waals surface area contributed by atoms with E-state index in [1.165, 1.54) is 12.8 Å². The highest BCUT2D eigenvalue weighted by molar-refractivity contribution is 5.81. The average Bonchev–Trinajstić information content (AvgIpc) is 2.85. The number of hydrogen-bond donors (Lipinski definition) is 1. The van der Waals surface area contributed by atoms with Crippen molar-refractivity contribution in [1.29, 1.82) is 0 Å². The minimum Gasteiger partial charge on any atom is -0.352 e. The Bertz CT molecular complexity index is 385. The molecule has 0 spiro atoms. The molecule has 1 saturated heterocycles. The van der Waals surface area contributed by atoms with Gasteiger partial charge in [0.05, 0.1) is 6.04 Å². The van der Waals surface area contributed by atoms with E-state index in [1.807, 2.05) is 0 Å². The smallest absolute Gasteiger partial charge is 0.237 e. The number of likely N-dealkylation sites (tertiary alicyclic amines) is 1. The number of likely N-dealkylation sites (N-methyl/N-ethyl adjacent to an activating group) is 1. The van der Waals surface area contributed by atoms with Crippen molar-refractivity contribution in [2.75, 3.05) is 27.2 Å². The molecule has 2 aliphatic rings. The largest absolute Gasteiger partial charge is 0.352 e. The Kier molecular flexibility index (Phi) is 5.89. The summed E-state index contributed by atoms with van der Waals surface area (Å²) in [6, 6.07) is 0.907. The molecule has 1 aliphatic carbocycles. The first kappa shape index (κ1) is 17.7. The molecular weight excluding hydrogens is 274 g/mol. The maximum atomic E-state index is 12.7. The predicted octanol–water partition coefficient (Wildman–Crippen LogP) is 2.20. The minimum atomic E-state index is -0.0168. The third-order valence-corrected chi connectivity index (χ3v) is 6.23. The summed E-state index contributed by atoms with van der Waals surface area (Å²) in [5, 5.41) is 3.34. The standard InChI is InChI=1S/C18H35N3O/c1-12-8-7-9-16(14(12)3)19-18(22)15(4)21-10-13(2)17(11-21)20(5)6/h12-17H,7-11H2,1-6H3,(H,19,22)/t12-,13+,14+,15+,16+,17+/m1/s1. The zero-order valence-electron chi connectivity index (χ0n) is 15.3. The maximum absolute atomic E-state index is 12.7. The van der Waals surface area contributed by atoms with Gasteiger partial charge in [0.25, 0.3) is 0 Å². The lowest BCUT2D eigenvalue weighted by molar-refractivity contribution is -0.127. The summed E-state index contributed by atoms with van der Waals surface area (Å²) >= 11 is 0. The number of carbonyl (C=O) groups is 1. The molecule has 1 aliphatic heterocycles. The molecule has 1 heterocycles. The first-order valence-corrected chi connectivity index (χ1v) is 9.02. The van der Waals surface area contributed by atoms with E-state index in [0.29, 0.717) is 23.9 Å². The summed E-state index contributed by atoms with van der Waals surface area (Å²) in [7, 11) is 4.28. The van der Waals surface area contributed by atoms with Gasteiger partial charge >= 0.3 is 0 Å². The number of carbonyl (C=O) groups excluding carboxylic acids is 1. The Morgan fingerprint density at radius 1 is 1.14 bits per heavy atom. The fourth-order valence-electron chi connectivity index (χ4n) is 4.23. The van der Waals surface area contributed by atoms with E-state index >= 15 is 0 Å². The van der Waals surface area contributed by atoms with Crippen LogP contribution in [0.3, 0.4) is 0 Å². The Hall–Kier alpha value is -0.610. The lowest BCUT2D eigenvalue weighted by Crippen LogP contribution is -2.51. The van der Waals surface area contributed by atoms with Crippen LogP contribution < -0.4 is 5.32 Å². The van der Waals surface area contributed by atoms with Gasteiger partial charge in [-0.15, -0.1) is 0 Å². The van der Waals surface area contributed by atoms with Gasteiger partial charge in [-0.25, -0.2) is 0 Å². The lowest BCUT2D eigenvalue weighted by atomic mass is 9.78. The molecule has 22 heavy (non-hydrogen) atoms. The second kappa shape index (κ2) is 7.31. The van der Waals surface area contributed by atoms with Crippen molar-refractivity contribution in [3.8, 4) is 0 Å². The van der Waals surface area contributed by atoms with Crippen LogP contribution in [-0.2, 0) is 4.79 Å². The molecule has 1 saturated carbocycles. The van der Waals surface area contributed by atoms with Gasteiger partial charge < -0.3 is 10.2 Å². The summed E-state index contributed by atoms with van der Waals surface area (Å²) in [5.74, 6) is 2.16. The van der Waals surface area contributed by atoms with E-state index in [4.69, 9.17) is 0 Å². The van der Waals surface area contributed by atoms with E-state index in [2.05, 4.69) is 56.9 Å². The second-order valence-corrected chi connectivity index (χ2v) is 8.02. The van der Waals surface area contributed by atoms with Crippen molar-refractivity contribution >= 4 is 5.91 Å². The van der Waals surface area contributed by atoms with Crippen LogP contribution in [0, 0.1) is 17.8 Å². The van der Waals surface area contributed by atoms with Gasteiger partial charge in [-0.1, -0.05) is 33.6 Å². The van der Waals surface area contributed by atoms with Gasteiger partial charge in [-0.3, -0.25) is 9.69 Å². The zero-order valence-corrected chi connectivity index (χ0v) is 15.3. The van der Waals surface area contributed by atoms with Gasteiger partial charge in [-0.05, 0) is 45.2 Å². The van der Waals surface area contributed by atoms with Crippen LogP contribution in [0.15, 0.2) is 0 Å².